The number of nitrogens with zero attached hydrogens (tertiary/aromatic N) is 2. The summed E-state index contributed by atoms with van der Waals surface area (Å²) in [6.07, 6.45) is 3.86. The van der Waals surface area contributed by atoms with E-state index in [-0.39, 0.29) is 12.4 Å². The van der Waals surface area contributed by atoms with E-state index in [0.29, 0.717) is 49.0 Å². The summed E-state index contributed by atoms with van der Waals surface area (Å²) < 4.78 is 37.6. The van der Waals surface area contributed by atoms with Gasteiger partial charge in [0.1, 0.15) is 19.5 Å². The van der Waals surface area contributed by atoms with Crippen LogP contribution < -0.4 is 14.3 Å². The predicted molar refractivity (Wildman–Crippen MR) is 106 cm³/mol. The van der Waals surface area contributed by atoms with E-state index in [4.69, 9.17) is 23.8 Å². The van der Waals surface area contributed by atoms with Gasteiger partial charge < -0.3 is 23.8 Å². The van der Waals surface area contributed by atoms with E-state index in [0.717, 1.165) is 10.9 Å². The van der Waals surface area contributed by atoms with E-state index in [2.05, 4.69) is 4.98 Å². The Kier molecular flexibility index (Phi) is 7.26. The van der Waals surface area contributed by atoms with Gasteiger partial charge in [-0.15, -0.1) is 0 Å². The van der Waals surface area contributed by atoms with E-state index in [9.17, 15) is 4.39 Å². The molecule has 3 rings (SSSR count). The molecule has 156 valence electrons. The van der Waals surface area contributed by atoms with Crippen molar-refractivity contribution in [3.63, 3.8) is 0 Å². The van der Waals surface area contributed by atoms with Gasteiger partial charge in [-0.05, 0) is 29.3 Å². The SMILES string of the molecule is COCCOCCOc1cc(F)c(Cc2cn(OC)c3ncccc23)cc1OC. The number of rotatable bonds is 11. The van der Waals surface area contributed by atoms with Crippen LogP contribution >= 0.6 is 0 Å². The van der Waals surface area contributed by atoms with Crippen LogP contribution in [0.1, 0.15) is 11.1 Å². The molecule has 0 N–H and O–H groups in total. The number of pyridine rings is 1. The van der Waals surface area contributed by atoms with Crippen LogP contribution in [0.3, 0.4) is 0 Å². The fourth-order valence-corrected chi connectivity index (χ4v) is 3.02. The summed E-state index contributed by atoms with van der Waals surface area (Å²) in [6.45, 7) is 1.65. The van der Waals surface area contributed by atoms with Crippen LogP contribution in [0.15, 0.2) is 36.7 Å². The summed E-state index contributed by atoms with van der Waals surface area (Å²) in [5, 5.41) is 0.904. The van der Waals surface area contributed by atoms with E-state index >= 15 is 0 Å². The van der Waals surface area contributed by atoms with Crippen molar-refractivity contribution < 1.29 is 28.2 Å². The predicted octanol–water partition coefficient (Wildman–Crippen LogP) is 2.88. The van der Waals surface area contributed by atoms with E-state index in [1.165, 1.54) is 13.2 Å². The van der Waals surface area contributed by atoms with Crippen molar-refractivity contribution in [2.75, 3.05) is 47.8 Å². The molecule has 0 amide bonds. The summed E-state index contributed by atoms with van der Waals surface area (Å²) in [7, 11) is 4.70. The van der Waals surface area contributed by atoms with Crippen LogP contribution in [0.25, 0.3) is 11.0 Å². The second kappa shape index (κ2) is 10.1. The highest BCUT2D eigenvalue weighted by molar-refractivity contribution is 5.80. The Hall–Kier alpha value is -2.84. The molecule has 0 unspecified atom stereocenters. The number of ether oxygens (including phenoxy) is 4. The zero-order chi connectivity index (χ0) is 20.6. The lowest BCUT2D eigenvalue weighted by atomic mass is 10.0. The van der Waals surface area contributed by atoms with E-state index in [1.54, 1.807) is 31.2 Å². The van der Waals surface area contributed by atoms with Gasteiger partial charge >= 0.3 is 0 Å². The maximum absolute atomic E-state index is 14.8. The average Bonchev–Trinajstić information content (AvgIpc) is 3.10. The molecule has 0 radical (unpaired) electrons. The fraction of sp³-hybridized carbons (Fsp3) is 0.381. The van der Waals surface area contributed by atoms with Gasteiger partial charge in [0, 0.05) is 31.2 Å². The molecule has 0 saturated heterocycles. The topological polar surface area (TPSA) is 64.0 Å². The van der Waals surface area contributed by atoms with Crippen molar-refractivity contribution in [3.05, 3.63) is 53.6 Å². The summed E-state index contributed by atoms with van der Waals surface area (Å²) in [5.41, 5.74) is 2.08. The first-order chi connectivity index (χ1) is 14.2. The highest BCUT2D eigenvalue weighted by atomic mass is 19.1. The third-order valence-corrected chi connectivity index (χ3v) is 4.44. The molecule has 0 atom stereocenters. The molecule has 2 heterocycles. The molecule has 0 saturated carbocycles. The second-order valence-electron chi connectivity index (χ2n) is 6.26. The lowest BCUT2D eigenvalue weighted by Crippen LogP contribution is -2.10. The molecule has 0 spiro atoms. The number of benzene rings is 1. The molecule has 7 nitrogen and oxygen atoms in total. The van der Waals surface area contributed by atoms with Crippen molar-refractivity contribution in [1.82, 2.24) is 9.71 Å². The lowest BCUT2D eigenvalue weighted by Gasteiger charge is -2.13. The Labute approximate surface area is 168 Å². The molecule has 0 bridgehead atoms. The Morgan fingerprint density at radius 1 is 1.00 bits per heavy atom. The number of hydrogen-bond donors (Lipinski definition) is 0. The maximum atomic E-state index is 14.8. The van der Waals surface area contributed by atoms with E-state index < -0.39 is 0 Å². The highest BCUT2D eigenvalue weighted by Crippen LogP contribution is 2.32. The number of halogens is 1. The Morgan fingerprint density at radius 3 is 2.59 bits per heavy atom. The summed E-state index contributed by atoms with van der Waals surface area (Å²) >= 11 is 0. The minimum Gasteiger partial charge on any atom is -0.493 e. The van der Waals surface area contributed by atoms with Gasteiger partial charge in [0.2, 0.25) is 0 Å². The van der Waals surface area contributed by atoms with Crippen LogP contribution in [-0.2, 0) is 15.9 Å². The standard InChI is InChI=1S/C21H25FN2O5/c1-25-7-8-28-9-10-29-20-13-18(22)15(12-19(20)26-2)11-16-14-24(27-3)21-17(16)5-4-6-23-21/h4-6,12-14H,7-11H2,1-3H3. The fourth-order valence-electron chi connectivity index (χ4n) is 3.02. The normalized spacial score (nSPS) is 11.0. The molecule has 1 aromatic carbocycles. The van der Waals surface area contributed by atoms with Gasteiger partial charge in [0.25, 0.3) is 0 Å². The summed E-state index contributed by atoms with van der Waals surface area (Å²) in [5.74, 6) is 0.431. The molecule has 8 heteroatoms. The van der Waals surface area contributed by atoms with Gasteiger partial charge in [-0.25, -0.2) is 9.37 Å². The molecule has 0 aliphatic heterocycles. The smallest absolute Gasteiger partial charge is 0.175 e. The first-order valence-corrected chi connectivity index (χ1v) is 9.23. The van der Waals surface area contributed by atoms with Crippen LogP contribution in [0.5, 0.6) is 11.5 Å². The van der Waals surface area contributed by atoms with Gasteiger partial charge in [0.05, 0.1) is 33.1 Å². The highest BCUT2D eigenvalue weighted by Gasteiger charge is 2.16. The first kappa shape index (κ1) is 20.9. The van der Waals surface area contributed by atoms with Crippen molar-refractivity contribution in [3.8, 4) is 11.5 Å². The second-order valence-corrected chi connectivity index (χ2v) is 6.26. The Bertz CT molecular complexity index is 944. The molecule has 29 heavy (non-hydrogen) atoms. The lowest BCUT2D eigenvalue weighted by molar-refractivity contribution is 0.0539. The zero-order valence-corrected chi connectivity index (χ0v) is 16.8. The van der Waals surface area contributed by atoms with Crippen molar-refractivity contribution in [2.24, 2.45) is 0 Å². The number of fused-ring (bicyclic) bond motifs is 1. The van der Waals surface area contributed by atoms with Crippen molar-refractivity contribution in [2.45, 2.75) is 6.42 Å². The molecule has 0 aliphatic carbocycles. The molecule has 0 aliphatic rings. The van der Waals surface area contributed by atoms with E-state index in [1.807, 2.05) is 18.3 Å². The van der Waals surface area contributed by atoms with Gasteiger partial charge in [-0.1, -0.05) is 0 Å². The van der Waals surface area contributed by atoms with Crippen molar-refractivity contribution in [1.29, 1.82) is 0 Å². The number of methoxy groups -OCH3 is 2. The van der Waals surface area contributed by atoms with Crippen LogP contribution in [0, 0.1) is 5.82 Å². The summed E-state index contributed by atoms with van der Waals surface area (Å²) in [4.78, 5) is 9.64. The minimum atomic E-state index is -0.372. The number of hydrogen-bond acceptors (Lipinski definition) is 6. The van der Waals surface area contributed by atoms with Gasteiger partial charge in [-0.2, -0.15) is 4.73 Å². The minimum absolute atomic E-state index is 0.284. The molecule has 2 aromatic heterocycles. The quantitative estimate of drug-likeness (QED) is 0.458. The molecule has 3 aromatic rings. The number of aromatic nitrogens is 2. The summed E-state index contributed by atoms with van der Waals surface area (Å²) in [6, 6.07) is 6.78. The first-order valence-electron chi connectivity index (χ1n) is 9.23. The monoisotopic (exact) mass is 404 g/mol. The Morgan fingerprint density at radius 2 is 1.83 bits per heavy atom. The molecule has 0 fully saturated rings. The van der Waals surface area contributed by atoms with Gasteiger partial charge in [0.15, 0.2) is 17.1 Å². The molecular weight excluding hydrogens is 379 g/mol. The third kappa shape index (κ3) is 4.96. The van der Waals surface area contributed by atoms with Gasteiger partial charge in [-0.3, -0.25) is 0 Å². The molecular formula is C21H25FN2O5. The van der Waals surface area contributed by atoms with Crippen LogP contribution in [-0.4, -0.2) is 57.5 Å². The maximum Gasteiger partial charge on any atom is 0.175 e. The average molecular weight is 404 g/mol. The Balaban J connectivity index is 1.76. The van der Waals surface area contributed by atoms with Crippen LogP contribution in [0.2, 0.25) is 0 Å². The third-order valence-electron chi connectivity index (χ3n) is 4.44. The largest absolute Gasteiger partial charge is 0.493 e. The van der Waals surface area contributed by atoms with Crippen LogP contribution in [0.4, 0.5) is 4.39 Å². The zero-order valence-electron chi connectivity index (χ0n) is 16.8. The van der Waals surface area contributed by atoms with Crippen molar-refractivity contribution >= 4 is 11.0 Å².